The van der Waals surface area contributed by atoms with E-state index in [2.05, 4.69) is 15.6 Å². The number of aliphatic imine (C=N–C) groups is 1. The van der Waals surface area contributed by atoms with Crippen LogP contribution in [0.5, 0.6) is 11.5 Å². The van der Waals surface area contributed by atoms with Gasteiger partial charge in [0.15, 0.2) is 17.5 Å². The van der Waals surface area contributed by atoms with Crippen LogP contribution in [-0.2, 0) is 13.0 Å². The van der Waals surface area contributed by atoms with Crippen molar-refractivity contribution in [1.29, 1.82) is 0 Å². The molecule has 0 atom stereocenters. The van der Waals surface area contributed by atoms with Gasteiger partial charge in [0, 0.05) is 32.7 Å². The van der Waals surface area contributed by atoms with Gasteiger partial charge in [0.05, 0.1) is 20.8 Å². The van der Waals surface area contributed by atoms with E-state index in [1.807, 2.05) is 49.4 Å². The highest BCUT2D eigenvalue weighted by Crippen LogP contribution is 2.27. The van der Waals surface area contributed by atoms with Crippen LogP contribution in [-0.4, -0.2) is 58.2 Å². The minimum Gasteiger partial charge on any atom is -0.493 e. The zero-order chi connectivity index (χ0) is 21.9. The topological polar surface area (TPSA) is 75.2 Å². The van der Waals surface area contributed by atoms with Gasteiger partial charge in [0.25, 0.3) is 5.91 Å². The number of ether oxygens (including phenoxy) is 2. The molecule has 1 amide bonds. The monoisotopic (exact) mass is 412 g/mol. The zero-order valence-electron chi connectivity index (χ0n) is 18.5. The fourth-order valence-corrected chi connectivity index (χ4v) is 2.93. The minimum atomic E-state index is 0.00892. The van der Waals surface area contributed by atoms with E-state index < -0.39 is 0 Å². The molecule has 162 valence electrons. The molecule has 0 bridgehead atoms. The van der Waals surface area contributed by atoms with E-state index in [1.165, 1.54) is 0 Å². The van der Waals surface area contributed by atoms with Crippen molar-refractivity contribution in [3.63, 3.8) is 0 Å². The maximum absolute atomic E-state index is 12.1. The van der Waals surface area contributed by atoms with Gasteiger partial charge in [0.2, 0.25) is 0 Å². The van der Waals surface area contributed by atoms with Gasteiger partial charge in [-0.05, 0) is 48.7 Å². The molecule has 0 aliphatic heterocycles. The summed E-state index contributed by atoms with van der Waals surface area (Å²) >= 11 is 0. The average Bonchev–Trinajstić information content (AvgIpc) is 2.76. The lowest BCUT2D eigenvalue weighted by Gasteiger charge is -2.13. The Kier molecular flexibility index (Phi) is 9.00. The van der Waals surface area contributed by atoms with E-state index in [4.69, 9.17) is 9.47 Å². The number of amides is 1. The number of carbonyl (C=O) groups is 1. The molecule has 0 fully saturated rings. The molecule has 0 heterocycles. The first-order valence-electron chi connectivity index (χ1n) is 10.0. The Bertz CT molecular complexity index is 865. The molecule has 0 spiro atoms. The molecule has 0 radical (unpaired) electrons. The molecule has 7 nitrogen and oxygen atoms in total. The number of rotatable bonds is 9. The number of nitrogens with one attached hydrogen (secondary N) is 2. The van der Waals surface area contributed by atoms with Crippen LogP contribution in [0.4, 0.5) is 0 Å². The summed E-state index contributed by atoms with van der Waals surface area (Å²) in [6.07, 6.45) is 0.787. The Hall–Kier alpha value is -3.22. The fraction of sp³-hybridized carbons (Fsp3) is 0.391. The van der Waals surface area contributed by atoms with Gasteiger partial charge in [-0.1, -0.05) is 18.2 Å². The van der Waals surface area contributed by atoms with Crippen molar-refractivity contribution in [3.05, 3.63) is 59.2 Å². The molecule has 0 saturated carbocycles. The predicted octanol–water partition coefficient (Wildman–Crippen LogP) is 2.70. The van der Waals surface area contributed by atoms with Crippen LogP contribution in [0.1, 0.15) is 28.4 Å². The standard InChI is InChI=1S/C23H32N4O3/c1-6-24-23(26-16-18-10-11-20(29-4)21(15-18)30-5)25-13-12-17-8-7-9-19(14-17)22(28)27(2)3/h7-11,14-15H,6,12-13,16H2,1-5H3,(H2,24,25,26). The maximum Gasteiger partial charge on any atom is 0.253 e. The molecule has 2 aromatic carbocycles. The normalized spacial score (nSPS) is 11.0. The summed E-state index contributed by atoms with van der Waals surface area (Å²) in [5, 5.41) is 6.61. The van der Waals surface area contributed by atoms with Gasteiger partial charge in [0.1, 0.15) is 0 Å². The maximum atomic E-state index is 12.1. The summed E-state index contributed by atoms with van der Waals surface area (Å²) in [6, 6.07) is 13.5. The molecule has 7 heteroatoms. The van der Waals surface area contributed by atoms with Crippen LogP contribution in [0.3, 0.4) is 0 Å². The summed E-state index contributed by atoms with van der Waals surface area (Å²) in [5.41, 5.74) is 2.83. The van der Waals surface area contributed by atoms with E-state index in [9.17, 15) is 4.79 Å². The Labute approximate surface area is 179 Å². The first-order valence-corrected chi connectivity index (χ1v) is 10.0. The van der Waals surface area contributed by atoms with Gasteiger partial charge < -0.3 is 25.0 Å². The fourth-order valence-electron chi connectivity index (χ4n) is 2.93. The van der Waals surface area contributed by atoms with Crippen molar-refractivity contribution in [2.24, 2.45) is 4.99 Å². The van der Waals surface area contributed by atoms with Gasteiger partial charge >= 0.3 is 0 Å². The lowest BCUT2D eigenvalue weighted by atomic mass is 10.1. The molecule has 2 N–H and O–H groups in total. The molecule has 2 rings (SSSR count). The number of methoxy groups -OCH3 is 2. The third-order valence-corrected chi connectivity index (χ3v) is 4.50. The van der Waals surface area contributed by atoms with Crippen LogP contribution >= 0.6 is 0 Å². The van der Waals surface area contributed by atoms with Crippen LogP contribution in [0, 0.1) is 0 Å². The summed E-state index contributed by atoms with van der Waals surface area (Å²) in [5.74, 6) is 2.14. The van der Waals surface area contributed by atoms with Crippen LogP contribution in [0.25, 0.3) is 0 Å². The van der Waals surface area contributed by atoms with E-state index in [0.717, 1.165) is 30.1 Å². The van der Waals surface area contributed by atoms with Crippen molar-refractivity contribution in [1.82, 2.24) is 15.5 Å². The highest BCUT2D eigenvalue weighted by atomic mass is 16.5. The van der Waals surface area contributed by atoms with Crippen molar-refractivity contribution < 1.29 is 14.3 Å². The highest BCUT2D eigenvalue weighted by Gasteiger charge is 2.08. The Morgan fingerprint density at radius 2 is 1.77 bits per heavy atom. The summed E-state index contributed by atoms with van der Waals surface area (Å²) in [4.78, 5) is 18.4. The summed E-state index contributed by atoms with van der Waals surface area (Å²) in [7, 11) is 6.76. The molecule has 0 saturated heterocycles. The third kappa shape index (κ3) is 6.69. The first-order chi connectivity index (χ1) is 14.5. The number of hydrogen-bond donors (Lipinski definition) is 2. The Morgan fingerprint density at radius 3 is 2.43 bits per heavy atom. The lowest BCUT2D eigenvalue weighted by molar-refractivity contribution is 0.0827. The molecule has 2 aromatic rings. The van der Waals surface area contributed by atoms with Crippen molar-refractivity contribution >= 4 is 11.9 Å². The molecule has 0 aromatic heterocycles. The van der Waals surface area contributed by atoms with E-state index in [0.29, 0.717) is 30.2 Å². The molecule has 30 heavy (non-hydrogen) atoms. The number of benzene rings is 2. The molecule has 0 unspecified atom stereocenters. The summed E-state index contributed by atoms with van der Waals surface area (Å²) in [6.45, 7) is 4.02. The summed E-state index contributed by atoms with van der Waals surface area (Å²) < 4.78 is 10.6. The first kappa shape index (κ1) is 23.1. The van der Waals surface area contributed by atoms with Gasteiger partial charge in [-0.3, -0.25) is 4.79 Å². The quantitative estimate of drug-likeness (QED) is 0.489. The second-order valence-corrected chi connectivity index (χ2v) is 6.96. The molecular formula is C23H32N4O3. The second-order valence-electron chi connectivity index (χ2n) is 6.96. The molecule has 0 aliphatic carbocycles. The molecular weight excluding hydrogens is 380 g/mol. The van der Waals surface area contributed by atoms with E-state index >= 15 is 0 Å². The lowest BCUT2D eigenvalue weighted by Crippen LogP contribution is -2.38. The van der Waals surface area contributed by atoms with Gasteiger partial charge in [-0.15, -0.1) is 0 Å². The number of guanidine groups is 1. The number of nitrogens with zero attached hydrogens (tertiary/aromatic N) is 2. The van der Waals surface area contributed by atoms with E-state index in [1.54, 1.807) is 33.2 Å². The van der Waals surface area contributed by atoms with Gasteiger partial charge in [-0.2, -0.15) is 0 Å². The number of hydrogen-bond acceptors (Lipinski definition) is 4. The van der Waals surface area contributed by atoms with Crippen molar-refractivity contribution in [2.45, 2.75) is 19.9 Å². The van der Waals surface area contributed by atoms with Crippen LogP contribution in [0.15, 0.2) is 47.5 Å². The van der Waals surface area contributed by atoms with E-state index in [-0.39, 0.29) is 5.91 Å². The SMILES string of the molecule is CCNC(=NCc1ccc(OC)c(OC)c1)NCCc1cccc(C(=O)N(C)C)c1. The highest BCUT2D eigenvalue weighted by molar-refractivity contribution is 5.94. The Morgan fingerprint density at radius 1 is 1.00 bits per heavy atom. The second kappa shape index (κ2) is 11.7. The third-order valence-electron chi connectivity index (χ3n) is 4.50. The average molecular weight is 413 g/mol. The van der Waals surface area contributed by atoms with Crippen LogP contribution in [0.2, 0.25) is 0 Å². The largest absolute Gasteiger partial charge is 0.493 e. The van der Waals surface area contributed by atoms with Crippen LogP contribution < -0.4 is 20.1 Å². The van der Waals surface area contributed by atoms with Crippen molar-refractivity contribution in [2.75, 3.05) is 41.4 Å². The van der Waals surface area contributed by atoms with Gasteiger partial charge in [-0.25, -0.2) is 4.99 Å². The Balaban J connectivity index is 1.98. The smallest absolute Gasteiger partial charge is 0.253 e. The predicted molar refractivity (Wildman–Crippen MR) is 121 cm³/mol. The molecule has 0 aliphatic rings. The number of carbonyl (C=O) groups excluding carboxylic acids is 1. The van der Waals surface area contributed by atoms with Crippen molar-refractivity contribution in [3.8, 4) is 11.5 Å². The zero-order valence-corrected chi connectivity index (χ0v) is 18.5. The minimum absolute atomic E-state index is 0.00892.